The molecule has 1 aromatic carbocycles. The summed E-state index contributed by atoms with van der Waals surface area (Å²) in [6.45, 7) is -0.586. The molecule has 0 fully saturated rings. The van der Waals surface area contributed by atoms with Gasteiger partial charge in [-0.25, -0.2) is 4.39 Å². The summed E-state index contributed by atoms with van der Waals surface area (Å²) in [5, 5.41) is 10.3. The van der Waals surface area contributed by atoms with Gasteiger partial charge in [-0.2, -0.15) is 0 Å². The third-order valence-corrected chi connectivity index (χ3v) is 1.84. The van der Waals surface area contributed by atoms with Crippen LogP contribution in [0, 0.1) is 10.1 Å². The first kappa shape index (κ1) is 10.6. The van der Waals surface area contributed by atoms with Gasteiger partial charge >= 0.3 is 0 Å². The van der Waals surface area contributed by atoms with Crippen molar-refractivity contribution in [1.82, 2.24) is 0 Å². The zero-order chi connectivity index (χ0) is 10.6. The molecular weight excluding hydrogens is 187 g/mol. The monoisotopic (exact) mass is 198 g/mol. The summed E-state index contributed by atoms with van der Waals surface area (Å²) in [6.07, 6.45) is 0.397. The Labute approximate surface area is 80.7 Å². The van der Waals surface area contributed by atoms with Crippen molar-refractivity contribution < 1.29 is 9.31 Å². The van der Waals surface area contributed by atoms with E-state index < -0.39 is 17.6 Å². The third-order valence-electron chi connectivity index (χ3n) is 1.84. The molecule has 0 aliphatic rings. The first-order valence-corrected chi connectivity index (χ1v) is 4.18. The van der Waals surface area contributed by atoms with Gasteiger partial charge in [-0.1, -0.05) is 12.1 Å². The molecule has 0 bridgehead atoms. The summed E-state index contributed by atoms with van der Waals surface area (Å²) in [5.41, 5.74) is 6.23. The normalized spacial score (nSPS) is 12.4. The van der Waals surface area contributed by atoms with Gasteiger partial charge in [0.1, 0.15) is 6.67 Å². The Morgan fingerprint density at radius 3 is 2.43 bits per heavy atom. The number of rotatable bonds is 4. The quantitative estimate of drug-likeness (QED) is 0.587. The van der Waals surface area contributed by atoms with E-state index in [0.717, 1.165) is 5.56 Å². The average Bonchev–Trinajstić information content (AvgIpc) is 2.18. The van der Waals surface area contributed by atoms with Gasteiger partial charge < -0.3 is 5.73 Å². The van der Waals surface area contributed by atoms with E-state index in [1.165, 1.54) is 12.1 Å². The summed E-state index contributed by atoms with van der Waals surface area (Å²) in [6, 6.07) is 5.43. The SMILES string of the molecule is NC(CF)Cc1ccc([N+](=O)[O-])cc1. The van der Waals surface area contributed by atoms with Crippen LogP contribution in [-0.4, -0.2) is 17.6 Å². The number of nitro groups is 1. The molecule has 0 saturated carbocycles. The molecule has 0 saturated heterocycles. The predicted octanol–water partition coefficient (Wildman–Crippen LogP) is 1.43. The van der Waals surface area contributed by atoms with Crippen molar-refractivity contribution in [2.75, 3.05) is 6.67 Å². The van der Waals surface area contributed by atoms with Crippen LogP contribution < -0.4 is 5.73 Å². The van der Waals surface area contributed by atoms with Gasteiger partial charge in [0.2, 0.25) is 0 Å². The summed E-state index contributed by atoms with van der Waals surface area (Å²) >= 11 is 0. The lowest BCUT2D eigenvalue weighted by molar-refractivity contribution is -0.384. The van der Waals surface area contributed by atoms with Crippen molar-refractivity contribution in [1.29, 1.82) is 0 Å². The minimum absolute atomic E-state index is 0.0302. The molecule has 76 valence electrons. The number of hydrogen-bond acceptors (Lipinski definition) is 3. The van der Waals surface area contributed by atoms with Crippen molar-refractivity contribution >= 4 is 5.69 Å². The highest BCUT2D eigenvalue weighted by Crippen LogP contribution is 2.12. The van der Waals surface area contributed by atoms with Crippen LogP contribution in [0.3, 0.4) is 0 Å². The molecule has 1 atom stereocenters. The summed E-state index contributed by atoms with van der Waals surface area (Å²) in [5.74, 6) is 0. The fourth-order valence-electron chi connectivity index (χ4n) is 1.11. The van der Waals surface area contributed by atoms with Crippen LogP contribution in [0.15, 0.2) is 24.3 Å². The number of nitro benzene ring substituents is 1. The van der Waals surface area contributed by atoms with Crippen molar-refractivity contribution in [3.8, 4) is 0 Å². The van der Waals surface area contributed by atoms with Crippen molar-refractivity contribution in [3.63, 3.8) is 0 Å². The van der Waals surface area contributed by atoms with E-state index in [9.17, 15) is 14.5 Å². The fraction of sp³-hybridized carbons (Fsp3) is 0.333. The first-order valence-electron chi connectivity index (χ1n) is 4.18. The van der Waals surface area contributed by atoms with E-state index in [1.54, 1.807) is 12.1 Å². The van der Waals surface area contributed by atoms with Gasteiger partial charge in [0.25, 0.3) is 5.69 Å². The lowest BCUT2D eigenvalue weighted by atomic mass is 10.1. The lowest BCUT2D eigenvalue weighted by Crippen LogP contribution is -2.24. The van der Waals surface area contributed by atoms with Crippen LogP contribution in [0.25, 0.3) is 0 Å². The highest BCUT2D eigenvalue weighted by molar-refractivity contribution is 5.33. The van der Waals surface area contributed by atoms with E-state index in [-0.39, 0.29) is 5.69 Å². The molecule has 5 heteroatoms. The number of hydrogen-bond donors (Lipinski definition) is 1. The zero-order valence-corrected chi connectivity index (χ0v) is 7.52. The molecule has 0 radical (unpaired) electrons. The van der Waals surface area contributed by atoms with Crippen LogP contribution in [0.5, 0.6) is 0 Å². The Kier molecular flexibility index (Phi) is 3.53. The molecule has 0 aromatic heterocycles. The van der Waals surface area contributed by atoms with Crippen LogP contribution in [0.1, 0.15) is 5.56 Å². The van der Waals surface area contributed by atoms with Crippen molar-refractivity contribution in [2.24, 2.45) is 5.73 Å². The first-order chi connectivity index (χ1) is 6.63. The molecule has 1 unspecified atom stereocenters. The Hall–Kier alpha value is -1.49. The Morgan fingerprint density at radius 1 is 1.43 bits per heavy atom. The zero-order valence-electron chi connectivity index (χ0n) is 7.52. The largest absolute Gasteiger partial charge is 0.325 e. The van der Waals surface area contributed by atoms with Gasteiger partial charge in [-0.15, -0.1) is 0 Å². The Bertz CT molecular complexity index is 313. The Balaban J connectivity index is 2.68. The number of alkyl halides is 1. The molecule has 0 amide bonds. The van der Waals surface area contributed by atoms with Crippen LogP contribution in [0.2, 0.25) is 0 Å². The van der Waals surface area contributed by atoms with E-state index in [1.807, 2.05) is 0 Å². The summed E-state index contributed by atoms with van der Waals surface area (Å²) < 4.78 is 12.0. The highest BCUT2D eigenvalue weighted by atomic mass is 19.1. The molecule has 1 rings (SSSR count). The standard InChI is InChI=1S/C9H11FN2O2/c10-6-8(11)5-7-1-3-9(4-2-7)12(13)14/h1-4,8H,5-6,11H2. The van der Waals surface area contributed by atoms with Crippen LogP contribution in [0.4, 0.5) is 10.1 Å². The fourth-order valence-corrected chi connectivity index (χ4v) is 1.11. The van der Waals surface area contributed by atoms with Crippen molar-refractivity contribution in [3.05, 3.63) is 39.9 Å². The molecule has 0 aliphatic carbocycles. The minimum atomic E-state index is -0.586. The highest BCUT2D eigenvalue weighted by Gasteiger charge is 2.06. The Morgan fingerprint density at radius 2 is 2.00 bits per heavy atom. The number of nitrogens with two attached hydrogens (primary N) is 1. The topological polar surface area (TPSA) is 69.2 Å². The van der Waals surface area contributed by atoms with Crippen LogP contribution in [-0.2, 0) is 6.42 Å². The maximum atomic E-state index is 12.0. The maximum absolute atomic E-state index is 12.0. The molecule has 0 spiro atoms. The minimum Gasteiger partial charge on any atom is -0.325 e. The van der Waals surface area contributed by atoms with Crippen molar-refractivity contribution in [2.45, 2.75) is 12.5 Å². The molecule has 1 aromatic rings. The predicted molar refractivity (Wildman–Crippen MR) is 50.8 cm³/mol. The van der Waals surface area contributed by atoms with Gasteiger partial charge in [-0.3, -0.25) is 10.1 Å². The molecule has 0 aliphatic heterocycles. The molecule has 4 nitrogen and oxygen atoms in total. The number of benzene rings is 1. The third kappa shape index (κ3) is 2.77. The van der Waals surface area contributed by atoms with Gasteiger partial charge in [0.05, 0.1) is 4.92 Å². The summed E-state index contributed by atoms with van der Waals surface area (Å²) in [7, 11) is 0. The second-order valence-electron chi connectivity index (χ2n) is 3.04. The smallest absolute Gasteiger partial charge is 0.269 e. The second kappa shape index (κ2) is 4.66. The second-order valence-corrected chi connectivity index (χ2v) is 3.04. The van der Waals surface area contributed by atoms with Gasteiger partial charge in [0, 0.05) is 18.2 Å². The molecule has 2 N–H and O–H groups in total. The van der Waals surface area contributed by atoms with Gasteiger partial charge in [0.15, 0.2) is 0 Å². The number of non-ortho nitro benzene ring substituents is 1. The number of halogens is 1. The molecular formula is C9H11FN2O2. The van der Waals surface area contributed by atoms with Crippen LogP contribution >= 0.6 is 0 Å². The van der Waals surface area contributed by atoms with E-state index >= 15 is 0 Å². The lowest BCUT2D eigenvalue weighted by Gasteiger charge is -2.05. The van der Waals surface area contributed by atoms with E-state index in [2.05, 4.69) is 0 Å². The van der Waals surface area contributed by atoms with Gasteiger partial charge in [-0.05, 0) is 12.0 Å². The molecule has 0 heterocycles. The van der Waals surface area contributed by atoms with E-state index in [0.29, 0.717) is 6.42 Å². The average molecular weight is 198 g/mol. The van der Waals surface area contributed by atoms with E-state index in [4.69, 9.17) is 5.73 Å². The number of nitrogens with zero attached hydrogens (tertiary/aromatic N) is 1. The molecule has 14 heavy (non-hydrogen) atoms. The summed E-state index contributed by atoms with van der Waals surface area (Å²) in [4.78, 5) is 9.84. The maximum Gasteiger partial charge on any atom is 0.269 e.